The minimum Gasteiger partial charge on any atom is -0.303 e. The second kappa shape index (κ2) is 7.43. The van der Waals surface area contributed by atoms with Gasteiger partial charge in [-0.25, -0.2) is 4.68 Å². The van der Waals surface area contributed by atoms with E-state index >= 15 is 0 Å². The van der Waals surface area contributed by atoms with Crippen LogP contribution in [0.5, 0.6) is 0 Å². The molecule has 30 heavy (non-hydrogen) atoms. The Morgan fingerprint density at radius 1 is 0.867 bits per heavy atom. The van der Waals surface area contributed by atoms with Gasteiger partial charge in [0.2, 0.25) is 0 Å². The first-order valence-electron chi connectivity index (χ1n) is 10.6. The molecule has 0 atom stereocenters. The molecular weight excluding hydrogens is 390 g/mol. The number of nitrogens with zero attached hydrogens (tertiary/aromatic N) is 5. The molecule has 0 bridgehead atoms. The van der Waals surface area contributed by atoms with Crippen LogP contribution in [0.25, 0.3) is 16.9 Å². The lowest BCUT2D eigenvalue weighted by Crippen LogP contribution is -2.02. The van der Waals surface area contributed by atoms with Gasteiger partial charge in [-0.05, 0) is 37.8 Å². The van der Waals surface area contributed by atoms with Gasteiger partial charge >= 0.3 is 0 Å². The smallest absolute Gasteiger partial charge is 0.191 e. The predicted octanol–water partition coefficient (Wildman–Crippen LogP) is 5.64. The molecule has 6 rings (SSSR count). The van der Waals surface area contributed by atoms with Crippen LogP contribution in [0.15, 0.2) is 72.0 Å². The van der Waals surface area contributed by atoms with Gasteiger partial charge in [0.15, 0.2) is 5.16 Å². The van der Waals surface area contributed by atoms with Crippen molar-refractivity contribution in [3.05, 3.63) is 78.2 Å². The largest absolute Gasteiger partial charge is 0.303 e. The maximum atomic E-state index is 4.94. The van der Waals surface area contributed by atoms with Gasteiger partial charge in [0.1, 0.15) is 5.82 Å². The fraction of sp³-hybridized carbons (Fsp3) is 0.292. The standard InChI is InChI=1S/C24H23N5S/c1-3-7-17(8-4-1)22-19(15-28(27-22)20-9-5-2-6-10-20)16-30-24-26-25-23(18-11-12-18)29(24)21-13-14-21/h1-10,15,18,21H,11-14,16H2. The van der Waals surface area contributed by atoms with Crippen LogP contribution in [0, 0.1) is 0 Å². The fourth-order valence-corrected chi connectivity index (χ4v) is 4.87. The summed E-state index contributed by atoms with van der Waals surface area (Å²) in [7, 11) is 0. The summed E-state index contributed by atoms with van der Waals surface area (Å²) in [6.45, 7) is 0. The molecule has 2 heterocycles. The topological polar surface area (TPSA) is 48.5 Å². The number of para-hydroxylation sites is 1. The van der Waals surface area contributed by atoms with Crippen molar-refractivity contribution < 1.29 is 0 Å². The summed E-state index contributed by atoms with van der Waals surface area (Å²) >= 11 is 1.79. The Kier molecular flexibility index (Phi) is 4.45. The second-order valence-corrected chi connectivity index (χ2v) is 9.10. The number of thioether (sulfide) groups is 1. The third kappa shape index (κ3) is 3.45. The molecule has 0 aliphatic heterocycles. The zero-order valence-electron chi connectivity index (χ0n) is 16.7. The Hall–Kier alpha value is -2.86. The summed E-state index contributed by atoms with van der Waals surface area (Å²) in [4.78, 5) is 0. The van der Waals surface area contributed by atoms with E-state index in [1.165, 1.54) is 37.1 Å². The Bertz CT molecular complexity index is 1160. The first-order chi connectivity index (χ1) is 14.9. The molecule has 2 aliphatic rings. The van der Waals surface area contributed by atoms with E-state index in [1.807, 2.05) is 28.9 Å². The number of hydrogen-bond donors (Lipinski definition) is 0. The molecule has 4 aromatic rings. The zero-order chi connectivity index (χ0) is 19.9. The van der Waals surface area contributed by atoms with Gasteiger partial charge in [-0.15, -0.1) is 10.2 Å². The Balaban J connectivity index is 1.33. The molecule has 0 N–H and O–H groups in total. The summed E-state index contributed by atoms with van der Waals surface area (Å²) in [5.74, 6) is 2.67. The fourth-order valence-electron chi connectivity index (χ4n) is 3.89. The molecular formula is C24H23N5S. The highest BCUT2D eigenvalue weighted by Gasteiger charge is 2.36. The van der Waals surface area contributed by atoms with E-state index in [-0.39, 0.29) is 0 Å². The van der Waals surface area contributed by atoms with E-state index in [0.717, 1.165) is 27.9 Å². The maximum Gasteiger partial charge on any atom is 0.191 e. The van der Waals surface area contributed by atoms with Crippen molar-refractivity contribution in [2.45, 2.75) is 48.6 Å². The van der Waals surface area contributed by atoms with Crippen LogP contribution in [-0.2, 0) is 5.75 Å². The molecule has 5 nitrogen and oxygen atoms in total. The van der Waals surface area contributed by atoms with Gasteiger partial charge in [-0.3, -0.25) is 0 Å². The third-order valence-electron chi connectivity index (χ3n) is 5.76. The first kappa shape index (κ1) is 18.0. The van der Waals surface area contributed by atoms with Gasteiger partial charge in [0.25, 0.3) is 0 Å². The molecule has 2 fully saturated rings. The van der Waals surface area contributed by atoms with Gasteiger partial charge in [-0.1, -0.05) is 60.3 Å². The van der Waals surface area contributed by atoms with Crippen LogP contribution >= 0.6 is 11.8 Å². The lowest BCUT2D eigenvalue weighted by atomic mass is 10.1. The summed E-state index contributed by atoms with van der Waals surface area (Å²) in [6, 6.07) is 21.4. The molecule has 150 valence electrons. The van der Waals surface area contributed by atoms with E-state index in [2.05, 4.69) is 57.4 Å². The molecule has 0 radical (unpaired) electrons. The monoisotopic (exact) mass is 413 g/mol. The highest BCUT2D eigenvalue weighted by molar-refractivity contribution is 7.98. The van der Waals surface area contributed by atoms with Crippen LogP contribution in [0.4, 0.5) is 0 Å². The van der Waals surface area contributed by atoms with Gasteiger partial charge < -0.3 is 4.57 Å². The lowest BCUT2D eigenvalue weighted by Gasteiger charge is -2.08. The summed E-state index contributed by atoms with van der Waals surface area (Å²) in [5.41, 5.74) is 4.47. The van der Waals surface area contributed by atoms with Gasteiger partial charge in [-0.2, -0.15) is 5.10 Å². The predicted molar refractivity (Wildman–Crippen MR) is 119 cm³/mol. The molecule has 2 aromatic carbocycles. The van der Waals surface area contributed by atoms with Crippen LogP contribution in [-0.4, -0.2) is 24.5 Å². The Labute approximate surface area is 180 Å². The molecule has 0 amide bonds. The van der Waals surface area contributed by atoms with Gasteiger partial charge in [0, 0.05) is 35.0 Å². The van der Waals surface area contributed by atoms with Crippen molar-refractivity contribution in [1.82, 2.24) is 24.5 Å². The molecule has 2 aliphatic carbocycles. The van der Waals surface area contributed by atoms with Crippen molar-refractivity contribution in [3.63, 3.8) is 0 Å². The summed E-state index contributed by atoms with van der Waals surface area (Å²) in [6.07, 6.45) is 7.19. The summed E-state index contributed by atoms with van der Waals surface area (Å²) in [5, 5.41) is 15.1. The number of rotatable bonds is 7. The second-order valence-electron chi connectivity index (χ2n) is 8.15. The molecule has 0 spiro atoms. The molecule has 2 saturated carbocycles. The Morgan fingerprint density at radius 3 is 2.30 bits per heavy atom. The van der Waals surface area contributed by atoms with E-state index < -0.39 is 0 Å². The lowest BCUT2D eigenvalue weighted by molar-refractivity contribution is 0.627. The van der Waals surface area contributed by atoms with Crippen molar-refractivity contribution in [2.75, 3.05) is 0 Å². The van der Waals surface area contributed by atoms with E-state index in [1.54, 1.807) is 11.8 Å². The number of benzene rings is 2. The van der Waals surface area contributed by atoms with Crippen molar-refractivity contribution in [1.29, 1.82) is 0 Å². The molecule has 0 saturated heterocycles. The van der Waals surface area contributed by atoms with E-state index in [9.17, 15) is 0 Å². The Morgan fingerprint density at radius 2 is 1.60 bits per heavy atom. The highest BCUT2D eigenvalue weighted by Crippen LogP contribution is 2.46. The first-order valence-corrected chi connectivity index (χ1v) is 11.6. The number of aromatic nitrogens is 5. The van der Waals surface area contributed by atoms with Crippen LogP contribution in [0.3, 0.4) is 0 Å². The van der Waals surface area contributed by atoms with E-state index in [4.69, 9.17) is 5.10 Å². The molecule has 2 aromatic heterocycles. The maximum absolute atomic E-state index is 4.94. The van der Waals surface area contributed by atoms with Crippen molar-refractivity contribution in [2.24, 2.45) is 0 Å². The third-order valence-corrected chi connectivity index (χ3v) is 6.75. The van der Waals surface area contributed by atoms with Crippen molar-refractivity contribution in [3.8, 4) is 16.9 Å². The molecule has 0 unspecified atom stereocenters. The average Bonchev–Trinajstić information content (AvgIpc) is 3.74. The average molecular weight is 414 g/mol. The van der Waals surface area contributed by atoms with Crippen LogP contribution in [0.1, 0.15) is 49.0 Å². The summed E-state index contributed by atoms with van der Waals surface area (Å²) < 4.78 is 4.41. The minimum absolute atomic E-state index is 0.610. The van der Waals surface area contributed by atoms with Crippen LogP contribution in [0.2, 0.25) is 0 Å². The zero-order valence-corrected chi connectivity index (χ0v) is 17.5. The van der Waals surface area contributed by atoms with Gasteiger partial charge in [0.05, 0.1) is 11.4 Å². The van der Waals surface area contributed by atoms with Crippen LogP contribution < -0.4 is 0 Å². The minimum atomic E-state index is 0.610. The molecule has 6 heteroatoms. The van der Waals surface area contributed by atoms with Crippen molar-refractivity contribution >= 4 is 11.8 Å². The highest BCUT2D eigenvalue weighted by atomic mass is 32.2. The SMILES string of the molecule is c1ccc(-c2nn(-c3ccccc3)cc2CSc2nnc(C3CC3)n2C2CC2)cc1. The van der Waals surface area contributed by atoms with E-state index in [0.29, 0.717) is 12.0 Å². The quantitative estimate of drug-likeness (QED) is 0.368. The normalized spacial score (nSPS) is 16.1. The number of hydrogen-bond acceptors (Lipinski definition) is 4.